The maximum atomic E-state index is 13.3. The Morgan fingerprint density at radius 2 is 1.67 bits per heavy atom. The molecule has 0 bridgehead atoms. The lowest BCUT2D eigenvalue weighted by molar-refractivity contribution is -0.133. The summed E-state index contributed by atoms with van der Waals surface area (Å²) < 4.78 is 10.4. The number of methoxy groups -OCH3 is 2. The summed E-state index contributed by atoms with van der Waals surface area (Å²) >= 11 is 1.59. The number of carbonyl (C=O) groups excluding carboxylic acids is 2. The molecule has 0 N–H and O–H groups in total. The van der Waals surface area contributed by atoms with Crippen molar-refractivity contribution in [3.63, 3.8) is 0 Å². The summed E-state index contributed by atoms with van der Waals surface area (Å²) in [6.45, 7) is -0.0846. The van der Waals surface area contributed by atoms with Crippen molar-refractivity contribution >= 4 is 28.9 Å². The van der Waals surface area contributed by atoms with Crippen LogP contribution in [0.5, 0.6) is 11.5 Å². The fourth-order valence-corrected chi connectivity index (χ4v) is 4.44. The van der Waals surface area contributed by atoms with Gasteiger partial charge in [0.25, 0.3) is 11.8 Å². The Labute approximate surface area is 196 Å². The Hall–Kier alpha value is -3.65. The van der Waals surface area contributed by atoms with Crippen LogP contribution in [0.3, 0.4) is 0 Å². The van der Waals surface area contributed by atoms with Crippen molar-refractivity contribution in [3.05, 3.63) is 82.0 Å². The molecule has 0 saturated heterocycles. The standard InChI is InChI=1S/C25H25N3O4S/c1-27(25(30)18-8-12-20(32-3)13-9-18)16-24(29)28-22(17-6-10-19(31-2)11-7-17)15-21(26-28)23-5-4-14-33-23/h4-14,22H,15-16H2,1-3H3. The largest absolute Gasteiger partial charge is 0.497 e. The Balaban J connectivity index is 1.54. The van der Waals surface area contributed by atoms with Crippen LogP contribution >= 0.6 is 11.3 Å². The molecule has 0 radical (unpaired) electrons. The molecule has 0 fully saturated rings. The van der Waals surface area contributed by atoms with Gasteiger partial charge in [-0.05, 0) is 53.4 Å². The minimum Gasteiger partial charge on any atom is -0.497 e. The highest BCUT2D eigenvalue weighted by Crippen LogP contribution is 2.34. The number of rotatable bonds is 7. The van der Waals surface area contributed by atoms with Gasteiger partial charge in [-0.15, -0.1) is 11.3 Å². The zero-order valence-electron chi connectivity index (χ0n) is 18.7. The molecule has 3 aromatic rings. The Kier molecular flexibility index (Phi) is 6.74. The van der Waals surface area contributed by atoms with Crippen LogP contribution in [0.4, 0.5) is 0 Å². The number of likely N-dealkylation sites (N-methyl/N-ethyl adjacent to an activating group) is 1. The number of amides is 2. The molecule has 2 heterocycles. The highest BCUT2D eigenvalue weighted by Gasteiger charge is 2.34. The molecule has 0 saturated carbocycles. The Bertz CT molecular complexity index is 1140. The summed E-state index contributed by atoms with van der Waals surface area (Å²) in [6, 6.07) is 18.2. The molecule has 4 rings (SSSR count). The molecule has 1 unspecified atom stereocenters. The first-order chi connectivity index (χ1) is 16.0. The summed E-state index contributed by atoms with van der Waals surface area (Å²) in [4.78, 5) is 28.6. The average Bonchev–Trinajstić information content (AvgIpc) is 3.54. The lowest BCUT2D eigenvalue weighted by Gasteiger charge is -2.25. The van der Waals surface area contributed by atoms with E-state index in [4.69, 9.17) is 9.47 Å². The molecule has 2 amide bonds. The predicted octanol–water partition coefficient (Wildman–Crippen LogP) is 4.22. The van der Waals surface area contributed by atoms with Gasteiger partial charge in [0.05, 0.1) is 30.9 Å². The second-order valence-electron chi connectivity index (χ2n) is 7.65. The number of nitrogens with zero attached hydrogens (tertiary/aromatic N) is 3. The number of hydrogen-bond donors (Lipinski definition) is 0. The average molecular weight is 464 g/mol. The third-order valence-corrected chi connectivity index (χ3v) is 6.45. The topological polar surface area (TPSA) is 71.4 Å². The number of hydrogen-bond acceptors (Lipinski definition) is 6. The van der Waals surface area contributed by atoms with Crippen LogP contribution in [0.15, 0.2) is 71.1 Å². The van der Waals surface area contributed by atoms with Gasteiger partial charge in [0.15, 0.2) is 0 Å². The molecule has 1 aromatic heterocycles. The minimum absolute atomic E-state index is 0.0846. The number of carbonyl (C=O) groups is 2. The third-order valence-electron chi connectivity index (χ3n) is 5.53. The van der Waals surface area contributed by atoms with Crippen LogP contribution in [0.1, 0.15) is 33.3 Å². The molecule has 0 spiro atoms. The lowest BCUT2D eigenvalue weighted by atomic mass is 10.0. The van der Waals surface area contributed by atoms with Crippen LogP contribution in [0.2, 0.25) is 0 Å². The molecular formula is C25H25N3O4S. The summed E-state index contributed by atoms with van der Waals surface area (Å²) in [7, 11) is 4.81. The molecule has 170 valence electrons. The molecule has 7 nitrogen and oxygen atoms in total. The van der Waals surface area contributed by atoms with Gasteiger partial charge in [0, 0.05) is 19.0 Å². The fraction of sp³-hybridized carbons (Fsp3) is 0.240. The van der Waals surface area contributed by atoms with Crippen LogP contribution in [-0.4, -0.2) is 55.2 Å². The van der Waals surface area contributed by atoms with Gasteiger partial charge in [-0.2, -0.15) is 5.10 Å². The van der Waals surface area contributed by atoms with E-state index < -0.39 is 0 Å². The molecule has 1 aliphatic heterocycles. The zero-order chi connectivity index (χ0) is 23.4. The summed E-state index contributed by atoms with van der Waals surface area (Å²) in [5, 5.41) is 8.16. The number of hydrazone groups is 1. The van der Waals surface area contributed by atoms with Crippen LogP contribution in [-0.2, 0) is 4.79 Å². The molecule has 1 aliphatic rings. The zero-order valence-corrected chi connectivity index (χ0v) is 19.5. The van der Waals surface area contributed by atoms with Gasteiger partial charge in [-0.3, -0.25) is 9.59 Å². The quantitative estimate of drug-likeness (QED) is 0.526. The number of ether oxygens (including phenoxy) is 2. The van der Waals surface area contributed by atoms with Crippen molar-refractivity contribution in [1.29, 1.82) is 0 Å². The van der Waals surface area contributed by atoms with E-state index in [2.05, 4.69) is 5.10 Å². The van der Waals surface area contributed by atoms with Crippen molar-refractivity contribution in [2.45, 2.75) is 12.5 Å². The van der Waals surface area contributed by atoms with E-state index in [1.807, 2.05) is 41.8 Å². The van der Waals surface area contributed by atoms with E-state index in [1.54, 1.807) is 56.9 Å². The van der Waals surface area contributed by atoms with E-state index in [1.165, 1.54) is 9.91 Å². The minimum atomic E-state index is -0.245. The lowest BCUT2D eigenvalue weighted by Crippen LogP contribution is -2.39. The molecule has 0 aliphatic carbocycles. The van der Waals surface area contributed by atoms with Gasteiger partial charge in [0.2, 0.25) is 0 Å². The first kappa shape index (κ1) is 22.5. The molecular weight excluding hydrogens is 438 g/mol. The van der Waals surface area contributed by atoms with Crippen molar-refractivity contribution in [3.8, 4) is 11.5 Å². The van der Waals surface area contributed by atoms with Gasteiger partial charge in [-0.25, -0.2) is 5.01 Å². The van der Waals surface area contributed by atoms with Gasteiger partial charge in [-0.1, -0.05) is 18.2 Å². The first-order valence-corrected chi connectivity index (χ1v) is 11.3. The van der Waals surface area contributed by atoms with Crippen molar-refractivity contribution in [2.75, 3.05) is 27.8 Å². The Morgan fingerprint density at radius 3 is 2.24 bits per heavy atom. The van der Waals surface area contributed by atoms with Crippen LogP contribution in [0.25, 0.3) is 0 Å². The summed E-state index contributed by atoms with van der Waals surface area (Å²) in [5.74, 6) is 0.930. The normalized spacial score (nSPS) is 15.2. The van der Waals surface area contributed by atoms with Crippen LogP contribution < -0.4 is 9.47 Å². The molecule has 33 heavy (non-hydrogen) atoms. The van der Waals surface area contributed by atoms with E-state index in [0.29, 0.717) is 17.7 Å². The van der Waals surface area contributed by atoms with Crippen molar-refractivity contribution in [1.82, 2.24) is 9.91 Å². The summed E-state index contributed by atoms with van der Waals surface area (Å²) in [6.07, 6.45) is 0.606. The van der Waals surface area contributed by atoms with E-state index in [-0.39, 0.29) is 24.4 Å². The maximum absolute atomic E-state index is 13.3. The Morgan fingerprint density at radius 1 is 1.03 bits per heavy atom. The van der Waals surface area contributed by atoms with Gasteiger partial charge >= 0.3 is 0 Å². The molecule has 8 heteroatoms. The number of thiophene rings is 1. The molecule has 1 atom stereocenters. The second kappa shape index (κ2) is 9.87. The SMILES string of the molecule is COc1ccc(C(=O)N(C)CC(=O)N2N=C(c3cccs3)CC2c2ccc(OC)cc2)cc1. The maximum Gasteiger partial charge on any atom is 0.262 e. The summed E-state index contributed by atoms with van der Waals surface area (Å²) in [5.41, 5.74) is 2.31. The third kappa shape index (κ3) is 4.90. The number of benzene rings is 2. The van der Waals surface area contributed by atoms with Gasteiger partial charge < -0.3 is 14.4 Å². The first-order valence-electron chi connectivity index (χ1n) is 10.5. The second-order valence-corrected chi connectivity index (χ2v) is 8.59. The smallest absolute Gasteiger partial charge is 0.262 e. The van der Waals surface area contributed by atoms with Gasteiger partial charge in [0.1, 0.15) is 18.0 Å². The van der Waals surface area contributed by atoms with E-state index in [0.717, 1.165) is 21.9 Å². The fourth-order valence-electron chi connectivity index (χ4n) is 3.72. The van der Waals surface area contributed by atoms with Crippen molar-refractivity contribution < 1.29 is 19.1 Å². The highest BCUT2D eigenvalue weighted by atomic mass is 32.1. The van der Waals surface area contributed by atoms with Crippen LogP contribution in [0, 0.1) is 0 Å². The highest BCUT2D eigenvalue weighted by molar-refractivity contribution is 7.12. The van der Waals surface area contributed by atoms with E-state index >= 15 is 0 Å². The monoisotopic (exact) mass is 463 g/mol. The predicted molar refractivity (Wildman–Crippen MR) is 128 cm³/mol. The van der Waals surface area contributed by atoms with E-state index in [9.17, 15) is 9.59 Å². The van der Waals surface area contributed by atoms with Crippen molar-refractivity contribution in [2.24, 2.45) is 5.10 Å². The molecule has 2 aromatic carbocycles.